The zero-order chi connectivity index (χ0) is 26.6. The minimum Gasteiger partial charge on any atom is -0.507 e. The van der Waals surface area contributed by atoms with Crippen LogP contribution < -0.4 is 0 Å². The number of carbonyl (C=O) groups excluding carboxylic acids is 1. The van der Waals surface area contributed by atoms with Gasteiger partial charge in [-0.2, -0.15) is 0 Å². The Bertz CT molecular complexity index is 1230. The first-order chi connectivity index (χ1) is 18.6. The fourth-order valence-corrected chi connectivity index (χ4v) is 7.74. The second-order valence-electron chi connectivity index (χ2n) is 9.59. The van der Waals surface area contributed by atoms with Crippen molar-refractivity contribution in [2.75, 3.05) is 0 Å². The van der Waals surface area contributed by atoms with E-state index < -0.39 is 16.3 Å². The maximum atomic E-state index is 13.6. The first-order valence-corrected chi connectivity index (χ1v) is 15.2. The number of aromatic hydroxyl groups is 1. The second kappa shape index (κ2) is 13.9. The molecular weight excluding hydrogens is 488 g/mol. The van der Waals surface area contributed by atoms with Gasteiger partial charge in [-0.3, -0.25) is 0 Å². The van der Waals surface area contributed by atoms with Crippen LogP contribution in [-0.4, -0.2) is 11.1 Å². The van der Waals surface area contributed by atoms with Crippen LogP contribution in [0.2, 0.25) is 0 Å². The molecule has 1 N–H and O–H groups in total. The van der Waals surface area contributed by atoms with Crippen LogP contribution in [0.25, 0.3) is 0 Å². The molecule has 0 fully saturated rings. The maximum absolute atomic E-state index is 13.6. The lowest BCUT2D eigenvalue weighted by atomic mass is 10.0. The average molecular weight is 527 g/mol. The monoisotopic (exact) mass is 526 g/mol. The Morgan fingerprint density at radius 2 is 1.13 bits per heavy atom. The minimum atomic E-state index is -2.41. The minimum absolute atomic E-state index is 0.0861. The molecule has 38 heavy (non-hydrogen) atoms. The van der Waals surface area contributed by atoms with Gasteiger partial charge in [0.1, 0.15) is 11.3 Å². The quantitative estimate of drug-likeness (QED) is 0.176. The third kappa shape index (κ3) is 6.68. The third-order valence-corrected chi connectivity index (χ3v) is 10.0. The largest absolute Gasteiger partial charge is 0.507 e. The number of unbranched alkanes of at least 4 members (excludes halogenated alkanes) is 6. The number of benzene rings is 4. The second-order valence-corrected chi connectivity index (χ2v) is 12.3. The van der Waals surface area contributed by atoms with Gasteiger partial charge in [-0.15, -0.1) is 0 Å². The van der Waals surface area contributed by atoms with E-state index in [1.807, 2.05) is 60.7 Å². The number of hydrogen-bond acceptors (Lipinski definition) is 3. The molecule has 4 heteroatoms. The van der Waals surface area contributed by atoms with E-state index in [1.165, 1.54) is 56.6 Å². The van der Waals surface area contributed by atoms with E-state index in [1.54, 1.807) is 18.2 Å². The summed E-state index contributed by atoms with van der Waals surface area (Å²) in [6.45, 7) is 2.25. The van der Waals surface area contributed by atoms with E-state index in [2.05, 4.69) is 31.2 Å². The maximum Gasteiger partial charge on any atom is 0.353 e. The number of rotatable bonds is 13. The Labute approximate surface area is 229 Å². The van der Waals surface area contributed by atoms with E-state index in [9.17, 15) is 9.90 Å². The van der Waals surface area contributed by atoms with Gasteiger partial charge in [0, 0.05) is 14.7 Å². The molecule has 0 bridgehead atoms. The van der Waals surface area contributed by atoms with Crippen molar-refractivity contribution in [2.24, 2.45) is 0 Å². The van der Waals surface area contributed by atoms with Gasteiger partial charge in [0.25, 0.3) is 0 Å². The first-order valence-electron chi connectivity index (χ1n) is 13.7. The summed E-state index contributed by atoms with van der Waals surface area (Å²) >= 11 is 0. The van der Waals surface area contributed by atoms with E-state index in [-0.39, 0.29) is 11.3 Å². The number of hydrogen-bond donors (Lipinski definition) is 1. The van der Waals surface area contributed by atoms with Gasteiger partial charge in [0.15, 0.2) is 0 Å². The van der Waals surface area contributed by atoms with Crippen molar-refractivity contribution in [3.05, 3.63) is 120 Å². The highest BCUT2D eigenvalue weighted by Crippen LogP contribution is 2.69. The summed E-state index contributed by atoms with van der Waals surface area (Å²) in [7, 11) is -2.41. The Balaban J connectivity index is 1.66. The summed E-state index contributed by atoms with van der Waals surface area (Å²) in [6, 6.07) is 35.0. The molecule has 4 aromatic carbocycles. The molecule has 0 amide bonds. The van der Waals surface area contributed by atoms with Crippen molar-refractivity contribution < 1.29 is 14.1 Å². The van der Waals surface area contributed by atoms with E-state index in [0.717, 1.165) is 21.1 Å². The first kappa shape index (κ1) is 27.5. The van der Waals surface area contributed by atoms with Gasteiger partial charge in [-0.1, -0.05) is 106 Å². The lowest BCUT2D eigenvalue weighted by molar-refractivity contribution is 0.0754. The van der Waals surface area contributed by atoms with Crippen molar-refractivity contribution in [3.63, 3.8) is 0 Å². The van der Waals surface area contributed by atoms with Gasteiger partial charge in [0.05, 0.1) is 0 Å². The fraction of sp³-hybridized carbons (Fsp3) is 0.265. The van der Waals surface area contributed by atoms with Crippen LogP contribution in [0.1, 0.15) is 67.8 Å². The summed E-state index contributed by atoms with van der Waals surface area (Å²) in [4.78, 5) is 16.4. The molecule has 0 saturated carbocycles. The zero-order valence-electron chi connectivity index (χ0n) is 22.2. The van der Waals surface area contributed by atoms with Crippen LogP contribution in [0.15, 0.2) is 124 Å². The summed E-state index contributed by atoms with van der Waals surface area (Å²) in [6.07, 6.45) is 10.1. The molecule has 4 rings (SSSR count). The van der Waals surface area contributed by atoms with Crippen LogP contribution in [0.5, 0.6) is 5.75 Å². The van der Waals surface area contributed by atoms with Crippen LogP contribution in [-0.2, 0) is 10.6 Å². The summed E-state index contributed by atoms with van der Waals surface area (Å²) in [5, 5.41) is 10.4. The van der Waals surface area contributed by atoms with Crippen LogP contribution >= 0.6 is 10.3 Å². The molecule has 0 spiro atoms. The zero-order valence-corrected chi connectivity index (χ0v) is 23.0. The molecule has 3 nitrogen and oxygen atoms in total. The van der Waals surface area contributed by atoms with Gasteiger partial charge in [0.2, 0.25) is 0 Å². The average Bonchev–Trinajstić information content (AvgIpc) is 2.97. The van der Waals surface area contributed by atoms with Crippen LogP contribution in [0.3, 0.4) is 0 Å². The predicted octanol–water partition coefficient (Wildman–Crippen LogP) is 9.74. The lowest BCUT2D eigenvalue weighted by Gasteiger charge is -2.39. The number of phenolic OH excluding ortho intramolecular Hbond substituents is 1. The third-order valence-electron chi connectivity index (χ3n) is 6.80. The predicted molar refractivity (Wildman–Crippen MR) is 157 cm³/mol. The molecule has 4 aromatic rings. The smallest absolute Gasteiger partial charge is 0.353 e. The van der Waals surface area contributed by atoms with E-state index in [0.29, 0.717) is 0 Å². The Morgan fingerprint density at radius 3 is 1.71 bits per heavy atom. The van der Waals surface area contributed by atoms with Crippen LogP contribution in [0, 0.1) is 0 Å². The van der Waals surface area contributed by atoms with Gasteiger partial charge in [-0.05, 0) is 77.2 Å². The molecule has 0 aliphatic carbocycles. The Hall–Kier alpha value is -3.50. The number of carbonyl (C=O) groups is 1. The summed E-state index contributed by atoms with van der Waals surface area (Å²) in [5.74, 6) is -0.630. The molecular formula is C34H38O3S. The number of para-hydroxylation sites is 1. The number of aryl methyl sites for hydroxylation is 1. The van der Waals surface area contributed by atoms with E-state index >= 15 is 0 Å². The summed E-state index contributed by atoms with van der Waals surface area (Å²) in [5.41, 5.74) is 1.45. The lowest BCUT2D eigenvalue weighted by Crippen LogP contribution is -2.14. The molecule has 0 atom stereocenters. The van der Waals surface area contributed by atoms with Gasteiger partial charge >= 0.3 is 5.97 Å². The van der Waals surface area contributed by atoms with Gasteiger partial charge in [-0.25, -0.2) is 4.79 Å². The van der Waals surface area contributed by atoms with Crippen molar-refractivity contribution in [1.29, 1.82) is 0 Å². The fourth-order valence-electron chi connectivity index (χ4n) is 4.72. The SMILES string of the molecule is CCCCCCCCCc1ccc(S(OC(=O)c2ccccc2O)(c2ccccc2)c2ccccc2)cc1. The summed E-state index contributed by atoms with van der Waals surface area (Å²) < 4.78 is 6.53. The van der Waals surface area contributed by atoms with Crippen LogP contribution in [0.4, 0.5) is 0 Å². The molecule has 0 aliphatic rings. The molecule has 0 heterocycles. The van der Waals surface area contributed by atoms with Crippen molar-refractivity contribution in [2.45, 2.75) is 73.0 Å². The number of phenols is 1. The topological polar surface area (TPSA) is 46.5 Å². The molecule has 0 unspecified atom stereocenters. The molecule has 0 aliphatic heterocycles. The molecule has 198 valence electrons. The highest BCUT2D eigenvalue weighted by molar-refractivity contribution is 8.30. The van der Waals surface area contributed by atoms with Gasteiger partial charge < -0.3 is 9.29 Å². The Morgan fingerprint density at radius 1 is 0.632 bits per heavy atom. The molecule has 0 aromatic heterocycles. The Kier molecular flexibility index (Phi) is 10.1. The van der Waals surface area contributed by atoms with Crippen molar-refractivity contribution in [3.8, 4) is 5.75 Å². The van der Waals surface area contributed by atoms with Crippen molar-refractivity contribution in [1.82, 2.24) is 0 Å². The van der Waals surface area contributed by atoms with Crippen molar-refractivity contribution >= 4 is 16.3 Å². The normalized spacial score (nSPS) is 11.7. The standard InChI is InChI=1S/C34H38O3S/c1-2-3-4-5-6-7-10-17-28-24-26-31(27-25-28)38(29-18-11-8-12-19-29,30-20-13-9-14-21-30)37-34(36)32-22-15-16-23-33(32)35/h8-9,11-16,18-27,35H,2-7,10,17H2,1H3. The molecule has 0 radical (unpaired) electrons. The van der Waals surface area contributed by atoms with E-state index in [4.69, 9.17) is 4.18 Å². The highest BCUT2D eigenvalue weighted by Gasteiger charge is 2.36. The molecule has 0 saturated heterocycles. The highest BCUT2D eigenvalue weighted by atomic mass is 32.3.